The number of benzene rings is 3. The first-order valence-electron chi connectivity index (χ1n) is 14.5. The van der Waals surface area contributed by atoms with E-state index in [0.29, 0.717) is 71.1 Å². The molecule has 0 radical (unpaired) electrons. The van der Waals surface area contributed by atoms with Gasteiger partial charge in [0.15, 0.2) is 11.5 Å². The van der Waals surface area contributed by atoms with Crippen LogP contribution in [0.3, 0.4) is 0 Å². The molecule has 1 saturated carbocycles. The van der Waals surface area contributed by atoms with Gasteiger partial charge in [0.2, 0.25) is 17.7 Å². The third kappa shape index (κ3) is 7.65. The van der Waals surface area contributed by atoms with Crippen LogP contribution in [0.25, 0.3) is 10.9 Å². The van der Waals surface area contributed by atoms with Crippen LogP contribution in [0.1, 0.15) is 38.5 Å². The Morgan fingerprint density at radius 1 is 0.867 bits per heavy atom. The minimum atomic E-state index is -1.17. The fraction of sp³-hybridized carbons (Fsp3) is 0.273. The summed E-state index contributed by atoms with van der Waals surface area (Å²) in [5, 5.41) is 14.8. The van der Waals surface area contributed by atoms with Gasteiger partial charge in [-0.25, -0.2) is 9.87 Å². The second-order valence-electron chi connectivity index (χ2n) is 10.6. The van der Waals surface area contributed by atoms with Crippen LogP contribution in [0.2, 0.25) is 0 Å². The molecule has 45 heavy (non-hydrogen) atoms. The summed E-state index contributed by atoms with van der Waals surface area (Å²) in [5.74, 6) is 0.442. The maximum Gasteiger partial charge on any atom is 0.243 e. The van der Waals surface area contributed by atoms with E-state index in [4.69, 9.17) is 19.4 Å². The summed E-state index contributed by atoms with van der Waals surface area (Å²) in [7, 11) is 1.55. The summed E-state index contributed by atoms with van der Waals surface area (Å²) in [6.07, 6.45) is 4.83. The Hall–Kier alpha value is -5.23. The summed E-state index contributed by atoms with van der Waals surface area (Å²) in [6, 6.07) is 17.5. The van der Waals surface area contributed by atoms with Gasteiger partial charge in [0.1, 0.15) is 22.7 Å². The van der Waals surface area contributed by atoms with Crippen LogP contribution in [0, 0.1) is 11.2 Å². The number of hydroxylamine groups is 1. The molecular formula is C33H33FN4O7. The summed E-state index contributed by atoms with van der Waals surface area (Å²) in [5.41, 5.74) is 2.02. The van der Waals surface area contributed by atoms with Gasteiger partial charge in [-0.1, -0.05) is 0 Å². The molecule has 1 aliphatic carbocycles. The normalized spacial score (nSPS) is 13.0. The Bertz CT molecular complexity index is 1680. The number of hydrogen-bond donors (Lipinski definition) is 4. The average Bonchev–Trinajstić information content (AvgIpc) is 3.87. The number of rotatable bonds is 14. The van der Waals surface area contributed by atoms with Crippen LogP contribution < -0.4 is 30.3 Å². The third-order valence-corrected chi connectivity index (χ3v) is 7.48. The maximum atomic E-state index is 13.2. The molecule has 0 saturated heterocycles. The van der Waals surface area contributed by atoms with Gasteiger partial charge in [0.05, 0.1) is 19.2 Å². The SMILES string of the molecule is COc1cc2c(Oc3ccc(NC(=O)C4(C(=O)Nc5ccc(F)cc5)CC4)cc3)ccnc2cc1OCCCCCC(=O)NO. The lowest BCUT2D eigenvalue weighted by atomic mass is 10.0. The number of carbonyl (C=O) groups is 3. The highest BCUT2D eigenvalue weighted by Crippen LogP contribution is 2.47. The summed E-state index contributed by atoms with van der Waals surface area (Å²) in [6.45, 7) is 0.418. The van der Waals surface area contributed by atoms with Gasteiger partial charge in [-0.15, -0.1) is 0 Å². The number of nitrogens with zero attached hydrogens (tertiary/aromatic N) is 1. The second-order valence-corrected chi connectivity index (χ2v) is 10.6. The Balaban J connectivity index is 1.19. The van der Waals surface area contributed by atoms with E-state index < -0.39 is 29.0 Å². The molecule has 0 aliphatic heterocycles. The van der Waals surface area contributed by atoms with Crippen molar-refractivity contribution in [3.8, 4) is 23.0 Å². The Kier molecular flexibility index (Phi) is 9.73. The van der Waals surface area contributed by atoms with Crippen LogP contribution >= 0.6 is 0 Å². The van der Waals surface area contributed by atoms with E-state index in [2.05, 4.69) is 15.6 Å². The largest absolute Gasteiger partial charge is 0.493 e. The second kappa shape index (κ2) is 14.0. The predicted octanol–water partition coefficient (Wildman–Crippen LogP) is 5.98. The Morgan fingerprint density at radius 2 is 1.53 bits per heavy atom. The molecule has 3 aromatic carbocycles. The van der Waals surface area contributed by atoms with Gasteiger partial charge in [0.25, 0.3) is 0 Å². The molecule has 12 heteroatoms. The molecule has 4 N–H and O–H groups in total. The van der Waals surface area contributed by atoms with Crippen LogP contribution in [0.5, 0.6) is 23.0 Å². The average molecular weight is 617 g/mol. The van der Waals surface area contributed by atoms with Crippen molar-refractivity contribution in [3.63, 3.8) is 0 Å². The smallest absolute Gasteiger partial charge is 0.243 e. The zero-order valence-electron chi connectivity index (χ0n) is 24.6. The van der Waals surface area contributed by atoms with Crippen molar-refractivity contribution in [2.45, 2.75) is 38.5 Å². The number of amides is 3. The zero-order chi connectivity index (χ0) is 31.8. The minimum Gasteiger partial charge on any atom is -0.493 e. The van der Waals surface area contributed by atoms with Crippen molar-refractivity contribution in [2.24, 2.45) is 5.41 Å². The van der Waals surface area contributed by atoms with Crippen molar-refractivity contribution < 1.29 is 38.2 Å². The molecular weight excluding hydrogens is 583 g/mol. The lowest BCUT2D eigenvalue weighted by Crippen LogP contribution is -2.35. The highest BCUT2D eigenvalue weighted by Gasteiger charge is 2.56. The highest BCUT2D eigenvalue weighted by atomic mass is 19.1. The van der Waals surface area contributed by atoms with Crippen LogP contribution in [0.15, 0.2) is 72.9 Å². The number of unbranched alkanes of at least 4 members (excludes halogenated alkanes) is 2. The first kappa shape index (κ1) is 31.2. The maximum absolute atomic E-state index is 13.2. The number of hydrogen-bond acceptors (Lipinski definition) is 8. The van der Waals surface area contributed by atoms with Gasteiger partial charge < -0.3 is 24.8 Å². The Labute approximate surface area is 258 Å². The molecule has 0 atom stereocenters. The van der Waals surface area contributed by atoms with Gasteiger partial charge in [-0.3, -0.25) is 24.6 Å². The minimum absolute atomic E-state index is 0.249. The number of halogens is 1. The van der Waals surface area contributed by atoms with E-state index in [1.807, 2.05) is 0 Å². The van der Waals surface area contributed by atoms with Gasteiger partial charge >= 0.3 is 0 Å². The number of aromatic nitrogens is 1. The van der Waals surface area contributed by atoms with E-state index >= 15 is 0 Å². The lowest BCUT2D eigenvalue weighted by Gasteiger charge is -2.16. The molecule has 3 amide bonds. The zero-order valence-corrected chi connectivity index (χ0v) is 24.6. The van der Waals surface area contributed by atoms with Gasteiger partial charge in [-0.05, 0) is 92.8 Å². The van der Waals surface area contributed by atoms with E-state index in [1.54, 1.807) is 61.3 Å². The molecule has 4 aromatic rings. The molecule has 0 unspecified atom stereocenters. The number of fused-ring (bicyclic) bond motifs is 1. The number of ether oxygens (including phenoxy) is 3. The van der Waals surface area contributed by atoms with Crippen molar-refractivity contribution in [2.75, 3.05) is 24.4 Å². The van der Waals surface area contributed by atoms with Crippen molar-refractivity contribution in [1.82, 2.24) is 10.5 Å². The van der Waals surface area contributed by atoms with Crippen molar-refractivity contribution >= 4 is 40.0 Å². The lowest BCUT2D eigenvalue weighted by molar-refractivity contribution is -0.131. The molecule has 1 aliphatic rings. The number of nitrogens with one attached hydrogen (secondary N) is 3. The fourth-order valence-electron chi connectivity index (χ4n) is 4.74. The first-order valence-corrected chi connectivity index (χ1v) is 14.5. The van der Waals surface area contributed by atoms with Crippen molar-refractivity contribution in [1.29, 1.82) is 0 Å². The number of anilines is 2. The molecule has 0 spiro atoms. The predicted molar refractivity (Wildman–Crippen MR) is 164 cm³/mol. The highest BCUT2D eigenvalue weighted by molar-refractivity contribution is 6.16. The summed E-state index contributed by atoms with van der Waals surface area (Å²) in [4.78, 5) is 41.4. The van der Waals surface area contributed by atoms with Crippen LogP contribution in [0.4, 0.5) is 15.8 Å². The van der Waals surface area contributed by atoms with E-state index in [9.17, 15) is 18.8 Å². The molecule has 1 fully saturated rings. The molecule has 11 nitrogen and oxygen atoms in total. The number of carbonyl (C=O) groups excluding carboxylic acids is 3. The summed E-state index contributed by atoms with van der Waals surface area (Å²) < 4.78 is 30.8. The quantitative estimate of drug-likeness (QED) is 0.0586. The third-order valence-electron chi connectivity index (χ3n) is 7.48. The molecule has 234 valence electrons. The molecule has 1 heterocycles. The standard InChI is InChI=1S/C33H33FN4O7/c1-43-28-19-25-26(20-29(28)44-18-4-2-3-5-30(39)38-42)35-17-14-27(25)45-24-12-10-23(11-13-24)37-32(41)33(15-16-33)31(40)36-22-8-6-21(34)7-9-22/h6-14,17,19-20,42H,2-5,15-16,18H2,1H3,(H,36,40)(H,37,41)(H,38,39). The molecule has 1 aromatic heterocycles. The van der Waals surface area contributed by atoms with E-state index in [-0.39, 0.29) is 6.42 Å². The number of pyridine rings is 1. The fourth-order valence-corrected chi connectivity index (χ4v) is 4.74. The van der Waals surface area contributed by atoms with E-state index in [0.717, 1.165) is 12.8 Å². The van der Waals surface area contributed by atoms with Gasteiger partial charge in [-0.2, -0.15) is 0 Å². The van der Waals surface area contributed by atoms with Gasteiger partial charge in [0, 0.05) is 35.4 Å². The number of methoxy groups -OCH3 is 1. The van der Waals surface area contributed by atoms with Crippen LogP contribution in [-0.2, 0) is 14.4 Å². The molecule has 5 rings (SSSR count). The van der Waals surface area contributed by atoms with Crippen LogP contribution in [-0.4, -0.2) is 41.6 Å². The molecule has 0 bridgehead atoms. The van der Waals surface area contributed by atoms with Crippen molar-refractivity contribution in [3.05, 3.63) is 78.7 Å². The monoisotopic (exact) mass is 616 g/mol. The Morgan fingerprint density at radius 3 is 2.16 bits per heavy atom. The first-order chi connectivity index (χ1) is 21.8. The summed E-state index contributed by atoms with van der Waals surface area (Å²) >= 11 is 0. The topological polar surface area (TPSA) is 148 Å². The van der Waals surface area contributed by atoms with E-state index in [1.165, 1.54) is 24.3 Å².